The molecule has 1 aliphatic carbocycles. The number of benzene rings is 1. The topological polar surface area (TPSA) is 59.6 Å². The Morgan fingerprint density at radius 2 is 2.35 bits per heavy atom. The zero-order chi connectivity index (χ0) is 12.3. The zero-order valence-electron chi connectivity index (χ0n) is 9.74. The summed E-state index contributed by atoms with van der Waals surface area (Å²) < 4.78 is 5.24. The Morgan fingerprint density at radius 1 is 1.59 bits per heavy atom. The first-order valence-corrected chi connectivity index (χ1v) is 5.95. The van der Waals surface area contributed by atoms with Crippen LogP contribution in [0.15, 0.2) is 23.2 Å². The van der Waals surface area contributed by atoms with E-state index in [4.69, 9.17) is 22.1 Å². The smallest absolute Gasteiger partial charge is 0.189 e. The van der Waals surface area contributed by atoms with Gasteiger partial charge in [0.05, 0.1) is 13.7 Å². The summed E-state index contributed by atoms with van der Waals surface area (Å²) in [4.78, 5) is 4.27. The van der Waals surface area contributed by atoms with Gasteiger partial charge in [0.2, 0.25) is 0 Å². The van der Waals surface area contributed by atoms with E-state index in [1.807, 2.05) is 12.1 Å². The minimum absolute atomic E-state index is 0.490. The second-order valence-electron chi connectivity index (χ2n) is 4.08. The highest BCUT2D eigenvalue weighted by atomic mass is 35.5. The Hall–Kier alpha value is -1.42. The van der Waals surface area contributed by atoms with Gasteiger partial charge in [-0.3, -0.25) is 0 Å². The fourth-order valence-corrected chi connectivity index (χ4v) is 1.66. The van der Waals surface area contributed by atoms with E-state index in [1.165, 1.54) is 12.8 Å². The highest BCUT2D eigenvalue weighted by Gasteiger charge is 2.21. The lowest BCUT2D eigenvalue weighted by Gasteiger charge is -2.07. The molecule has 0 aromatic heterocycles. The number of nitrogens with one attached hydrogen (secondary N) is 1. The minimum Gasteiger partial charge on any atom is -0.496 e. The van der Waals surface area contributed by atoms with Crippen molar-refractivity contribution in [1.82, 2.24) is 5.32 Å². The van der Waals surface area contributed by atoms with Gasteiger partial charge in [-0.2, -0.15) is 0 Å². The van der Waals surface area contributed by atoms with Gasteiger partial charge in [0.1, 0.15) is 5.75 Å². The van der Waals surface area contributed by atoms with E-state index >= 15 is 0 Å². The standard InChI is InChI=1S/C12H16ClN3O/c1-17-11-6-9(13)3-2-8(11)7-15-12(14)16-10-4-5-10/h2-3,6,10H,4-5,7H2,1H3,(H3,14,15,16). The highest BCUT2D eigenvalue weighted by Crippen LogP contribution is 2.23. The summed E-state index contributed by atoms with van der Waals surface area (Å²) in [6.45, 7) is 0.492. The summed E-state index contributed by atoms with van der Waals surface area (Å²) in [6, 6.07) is 6.01. The van der Waals surface area contributed by atoms with Crippen LogP contribution >= 0.6 is 11.6 Å². The SMILES string of the molecule is COc1cc(Cl)ccc1CN=C(N)NC1CC1. The molecule has 5 heteroatoms. The van der Waals surface area contributed by atoms with Crippen LogP contribution in [-0.2, 0) is 6.54 Å². The second kappa shape index (κ2) is 5.27. The summed E-state index contributed by atoms with van der Waals surface area (Å²) >= 11 is 5.88. The fraction of sp³-hybridized carbons (Fsp3) is 0.417. The highest BCUT2D eigenvalue weighted by molar-refractivity contribution is 6.30. The van der Waals surface area contributed by atoms with Crippen molar-refractivity contribution in [2.75, 3.05) is 7.11 Å². The summed E-state index contributed by atoms with van der Waals surface area (Å²) in [5, 5.41) is 3.79. The second-order valence-corrected chi connectivity index (χ2v) is 4.51. The van der Waals surface area contributed by atoms with Crippen LogP contribution in [0, 0.1) is 0 Å². The molecule has 0 atom stereocenters. The van der Waals surface area contributed by atoms with Gasteiger partial charge >= 0.3 is 0 Å². The first-order valence-electron chi connectivity index (χ1n) is 5.58. The average Bonchev–Trinajstić information content (AvgIpc) is 3.11. The van der Waals surface area contributed by atoms with Gasteiger partial charge in [-0.15, -0.1) is 0 Å². The lowest BCUT2D eigenvalue weighted by Crippen LogP contribution is -2.33. The molecule has 92 valence electrons. The van der Waals surface area contributed by atoms with E-state index in [2.05, 4.69) is 10.3 Å². The van der Waals surface area contributed by atoms with Crippen LogP contribution in [0.4, 0.5) is 0 Å². The molecular weight excluding hydrogens is 238 g/mol. The summed E-state index contributed by atoms with van der Waals surface area (Å²) in [5.41, 5.74) is 6.73. The van der Waals surface area contributed by atoms with Crippen molar-refractivity contribution in [3.05, 3.63) is 28.8 Å². The third-order valence-electron chi connectivity index (χ3n) is 2.60. The quantitative estimate of drug-likeness (QED) is 0.637. The molecule has 1 aromatic rings. The molecule has 2 rings (SSSR count). The van der Waals surface area contributed by atoms with E-state index in [0.29, 0.717) is 23.6 Å². The number of halogens is 1. The Balaban J connectivity index is 2.01. The molecule has 1 fully saturated rings. The lowest BCUT2D eigenvalue weighted by molar-refractivity contribution is 0.410. The molecule has 0 spiro atoms. The van der Waals surface area contributed by atoms with Gasteiger partial charge in [-0.1, -0.05) is 17.7 Å². The van der Waals surface area contributed by atoms with Gasteiger partial charge in [0.25, 0.3) is 0 Å². The fourth-order valence-electron chi connectivity index (χ4n) is 1.50. The summed E-state index contributed by atoms with van der Waals surface area (Å²) in [5.74, 6) is 1.23. The number of guanidine groups is 1. The molecule has 3 N–H and O–H groups in total. The summed E-state index contributed by atoms with van der Waals surface area (Å²) in [6.07, 6.45) is 2.36. The van der Waals surface area contributed by atoms with Crippen molar-refractivity contribution in [2.45, 2.75) is 25.4 Å². The van der Waals surface area contributed by atoms with Gasteiger partial charge in [-0.05, 0) is 25.0 Å². The van der Waals surface area contributed by atoms with Crippen LogP contribution in [0.25, 0.3) is 0 Å². The number of aliphatic imine (C=N–C) groups is 1. The molecule has 0 saturated heterocycles. The van der Waals surface area contributed by atoms with Crippen LogP contribution in [-0.4, -0.2) is 19.1 Å². The lowest BCUT2D eigenvalue weighted by atomic mass is 10.2. The number of ether oxygens (including phenoxy) is 1. The van der Waals surface area contributed by atoms with Crippen LogP contribution in [0.5, 0.6) is 5.75 Å². The Kier molecular flexibility index (Phi) is 3.74. The first kappa shape index (κ1) is 12.0. The molecule has 4 nitrogen and oxygen atoms in total. The molecule has 0 amide bonds. The molecule has 0 unspecified atom stereocenters. The molecule has 0 heterocycles. The van der Waals surface area contributed by atoms with Crippen molar-refractivity contribution in [1.29, 1.82) is 0 Å². The molecule has 17 heavy (non-hydrogen) atoms. The van der Waals surface area contributed by atoms with E-state index in [1.54, 1.807) is 13.2 Å². The van der Waals surface area contributed by atoms with Gasteiger partial charge < -0.3 is 15.8 Å². The number of nitrogens with zero attached hydrogens (tertiary/aromatic N) is 1. The van der Waals surface area contributed by atoms with Crippen LogP contribution < -0.4 is 15.8 Å². The number of rotatable bonds is 4. The molecular formula is C12H16ClN3O. The van der Waals surface area contributed by atoms with Gasteiger partial charge in [0, 0.05) is 16.6 Å². The van der Waals surface area contributed by atoms with Crippen LogP contribution in [0.3, 0.4) is 0 Å². The Labute approximate surface area is 106 Å². The third-order valence-corrected chi connectivity index (χ3v) is 2.83. The van der Waals surface area contributed by atoms with Gasteiger partial charge in [-0.25, -0.2) is 4.99 Å². The Morgan fingerprint density at radius 3 is 3.00 bits per heavy atom. The van der Waals surface area contributed by atoms with Crippen LogP contribution in [0.2, 0.25) is 5.02 Å². The van der Waals surface area contributed by atoms with E-state index < -0.39 is 0 Å². The zero-order valence-corrected chi connectivity index (χ0v) is 10.5. The first-order chi connectivity index (χ1) is 8.19. The number of nitrogens with two attached hydrogens (primary N) is 1. The average molecular weight is 254 g/mol. The van der Waals surface area contributed by atoms with Crippen LogP contribution in [0.1, 0.15) is 18.4 Å². The molecule has 0 bridgehead atoms. The number of hydrogen-bond acceptors (Lipinski definition) is 2. The van der Waals surface area contributed by atoms with E-state index in [-0.39, 0.29) is 0 Å². The van der Waals surface area contributed by atoms with Gasteiger partial charge in [0.15, 0.2) is 5.96 Å². The predicted octanol–water partition coefficient (Wildman–Crippen LogP) is 1.92. The van der Waals surface area contributed by atoms with Crippen molar-refractivity contribution in [3.63, 3.8) is 0 Å². The Bertz CT molecular complexity index is 430. The molecule has 0 aliphatic heterocycles. The molecule has 1 saturated carbocycles. The minimum atomic E-state index is 0.490. The number of methoxy groups -OCH3 is 1. The van der Waals surface area contributed by atoms with Crippen molar-refractivity contribution in [3.8, 4) is 5.75 Å². The van der Waals surface area contributed by atoms with Crippen molar-refractivity contribution in [2.24, 2.45) is 10.7 Å². The van der Waals surface area contributed by atoms with Crippen molar-refractivity contribution >= 4 is 17.6 Å². The maximum absolute atomic E-state index is 5.88. The molecule has 1 aromatic carbocycles. The molecule has 0 radical (unpaired) electrons. The van der Waals surface area contributed by atoms with E-state index in [0.717, 1.165) is 11.3 Å². The maximum atomic E-state index is 5.88. The monoisotopic (exact) mass is 253 g/mol. The predicted molar refractivity (Wildman–Crippen MR) is 69.5 cm³/mol. The molecule has 1 aliphatic rings. The normalized spacial score (nSPS) is 15.8. The third kappa shape index (κ3) is 3.53. The summed E-state index contributed by atoms with van der Waals surface area (Å²) in [7, 11) is 1.62. The number of hydrogen-bond donors (Lipinski definition) is 2. The van der Waals surface area contributed by atoms with Crippen molar-refractivity contribution < 1.29 is 4.74 Å². The maximum Gasteiger partial charge on any atom is 0.189 e. The van der Waals surface area contributed by atoms with E-state index in [9.17, 15) is 0 Å². The largest absolute Gasteiger partial charge is 0.496 e.